The molecule has 2 heterocycles. The molecule has 1 saturated heterocycles. The molecule has 0 bridgehead atoms. The molecule has 0 aromatic heterocycles. The highest BCUT2D eigenvalue weighted by atomic mass is 16.5. The Hall–Kier alpha value is -4.46. The SMILES string of the molecule is CCOc1ccc(N2C[C@@H](C(=O)Oc3cccc(N4C(=O)c5ccccc5C4=O)c3)CC2=O)cc1. The predicted octanol–water partition coefficient (Wildman–Crippen LogP) is 3.84. The van der Waals surface area contributed by atoms with Crippen molar-refractivity contribution in [2.45, 2.75) is 13.3 Å². The lowest BCUT2D eigenvalue weighted by Crippen LogP contribution is -2.29. The van der Waals surface area contributed by atoms with Crippen LogP contribution in [0.15, 0.2) is 72.8 Å². The van der Waals surface area contributed by atoms with Gasteiger partial charge in [-0.3, -0.25) is 19.2 Å². The van der Waals surface area contributed by atoms with Crippen LogP contribution >= 0.6 is 0 Å². The Labute approximate surface area is 201 Å². The zero-order valence-corrected chi connectivity index (χ0v) is 19.0. The molecule has 2 aliphatic rings. The van der Waals surface area contributed by atoms with E-state index in [1.807, 2.05) is 6.92 Å². The molecular formula is C27H22N2O6. The van der Waals surface area contributed by atoms with Crippen LogP contribution in [0.1, 0.15) is 34.1 Å². The number of nitrogens with zero attached hydrogens (tertiary/aromatic N) is 2. The van der Waals surface area contributed by atoms with Crippen LogP contribution < -0.4 is 19.3 Å². The van der Waals surface area contributed by atoms with Crippen molar-refractivity contribution in [2.24, 2.45) is 5.92 Å². The molecule has 2 aliphatic heterocycles. The third kappa shape index (κ3) is 4.14. The maximum atomic E-state index is 12.8. The van der Waals surface area contributed by atoms with Crippen LogP contribution in [-0.4, -0.2) is 36.8 Å². The first-order chi connectivity index (χ1) is 17.0. The summed E-state index contributed by atoms with van der Waals surface area (Å²) in [6.07, 6.45) is 0.0319. The number of carbonyl (C=O) groups is 4. The second-order valence-corrected chi connectivity index (χ2v) is 8.24. The molecule has 8 heteroatoms. The first-order valence-electron chi connectivity index (χ1n) is 11.3. The van der Waals surface area contributed by atoms with Crippen molar-refractivity contribution in [1.29, 1.82) is 0 Å². The lowest BCUT2D eigenvalue weighted by atomic mass is 10.1. The number of imide groups is 1. The number of esters is 1. The van der Waals surface area contributed by atoms with Crippen molar-refractivity contribution >= 4 is 35.1 Å². The topological polar surface area (TPSA) is 93.2 Å². The minimum absolute atomic E-state index is 0.0319. The minimum Gasteiger partial charge on any atom is -0.494 e. The van der Waals surface area contributed by atoms with Gasteiger partial charge in [0, 0.05) is 24.7 Å². The quantitative estimate of drug-likeness (QED) is 0.309. The van der Waals surface area contributed by atoms with Gasteiger partial charge in [0.15, 0.2) is 0 Å². The average molecular weight is 470 g/mol. The van der Waals surface area contributed by atoms with Gasteiger partial charge in [0.1, 0.15) is 11.5 Å². The highest BCUT2D eigenvalue weighted by Crippen LogP contribution is 2.32. The summed E-state index contributed by atoms with van der Waals surface area (Å²) >= 11 is 0. The summed E-state index contributed by atoms with van der Waals surface area (Å²) in [6, 6.07) is 20.0. The van der Waals surface area contributed by atoms with Crippen molar-refractivity contribution in [3.8, 4) is 11.5 Å². The molecular weight excluding hydrogens is 448 g/mol. The zero-order chi connectivity index (χ0) is 24.5. The fourth-order valence-electron chi connectivity index (χ4n) is 4.31. The standard InChI is InChI=1S/C27H22N2O6/c1-2-34-20-12-10-18(11-13-20)28-16-17(14-24(28)30)27(33)35-21-7-5-6-19(15-21)29-25(31)22-8-3-4-9-23(22)26(29)32/h3-13,15,17H,2,14,16H2,1H3/t17-/m0/s1. The van der Waals surface area contributed by atoms with E-state index in [-0.39, 0.29) is 24.6 Å². The average Bonchev–Trinajstić information content (AvgIpc) is 3.37. The van der Waals surface area contributed by atoms with E-state index in [1.54, 1.807) is 71.6 Å². The normalized spacial score (nSPS) is 17.1. The van der Waals surface area contributed by atoms with E-state index in [2.05, 4.69) is 0 Å². The molecule has 176 valence electrons. The summed E-state index contributed by atoms with van der Waals surface area (Å²) in [5, 5.41) is 0. The Morgan fingerprint density at radius 2 is 1.54 bits per heavy atom. The van der Waals surface area contributed by atoms with Crippen LogP contribution in [0, 0.1) is 5.92 Å². The summed E-state index contributed by atoms with van der Waals surface area (Å²) < 4.78 is 11.0. The van der Waals surface area contributed by atoms with Gasteiger partial charge in [-0.05, 0) is 55.5 Å². The maximum Gasteiger partial charge on any atom is 0.316 e. The molecule has 0 aliphatic carbocycles. The summed E-state index contributed by atoms with van der Waals surface area (Å²) in [5.74, 6) is -1.32. The van der Waals surface area contributed by atoms with Crippen LogP contribution in [-0.2, 0) is 9.59 Å². The fourth-order valence-corrected chi connectivity index (χ4v) is 4.31. The number of rotatable bonds is 6. The Bertz CT molecular complexity index is 1300. The third-order valence-corrected chi connectivity index (χ3v) is 6.01. The lowest BCUT2D eigenvalue weighted by Gasteiger charge is -2.17. The van der Waals surface area contributed by atoms with Gasteiger partial charge in [0.25, 0.3) is 11.8 Å². The van der Waals surface area contributed by atoms with E-state index in [0.717, 1.165) is 4.90 Å². The first-order valence-corrected chi connectivity index (χ1v) is 11.3. The largest absolute Gasteiger partial charge is 0.494 e. The van der Waals surface area contributed by atoms with Gasteiger partial charge < -0.3 is 14.4 Å². The third-order valence-electron chi connectivity index (χ3n) is 6.01. The number of benzene rings is 3. The van der Waals surface area contributed by atoms with E-state index in [9.17, 15) is 19.2 Å². The molecule has 3 aromatic carbocycles. The second-order valence-electron chi connectivity index (χ2n) is 8.24. The predicted molar refractivity (Wildman–Crippen MR) is 128 cm³/mol. The minimum atomic E-state index is -0.642. The summed E-state index contributed by atoms with van der Waals surface area (Å²) in [6.45, 7) is 2.64. The number of ether oxygens (including phenoxy) is 2. The Morgan fingerprint density at radius 1 is 0.857 bits per heavy atom. The van der Waals surface area contributed by atoms with E-state index < -0.39 is 23.7 Å². The summed E-state index contributed by atoms with van der Waals surface area (Å²) in [7, 11) is 0. The monoisotopic (exact) mass is 470 g/mol. The molecule has 35 heavy (non-hydrogen) atoms. The van der Waals surface area contributed by atoms with Crippen molar-refractivity contribution in [3.63, 3.8) is 0 Å². The summed E-state index contributed by atoms with van der Waals surface area (Å²) in [5.41, 5.74) is 1.65. The fraction of sp³-hybridized carbons (Fsp3) is 0.185. The van der Waals surface area contributed by atoms with E-state index >= 15 is 0 Å². The number of hydrogen-bond donors (Lipinski definition) is 0. The number of anilines is 2. The number of carbonyl (C=O) groups excluding carboxylic acids is 4. The van der Waals surface area contributed by atoms with E-state index in [4.69, 9.17) is 9.47 Å². The van der Waals surface area contributed by atoms with Gasteiger partial charge in [0.05, 0.1) is 29.3 Å². The zero-order valence-electron chi connectivity index (χ0n) is 19.0. The van der Waals surface area contributed by atoms with Crippen LogP contribution in [0.3, 0.4) is 0 Å². The van der Waals surface area contributed by atoms with Crippen molar-refractivity contribution < 1.29 is 28.7 Å². The molecule has 0 radical (unpaired) electrons. The van der Waals surface area contributed by atoms with Gasteiger partial charge >= 0.3 is 5.97 Å². The Balaban J connectivity index is 1.28. The molecule has 5 rings (SSSR count). The Kier molecular flexibility index (Phi) is 5.78. The lowest BCUT2D eigenvalue weighted by molar-refractivity contribution is -0.139. The molecule has 0 spiro atoms. The number of hydrogen-bond acceptors (Lipinski definition) is 6. The molecule has 1 fully saturated rings. The molecule has 0 N–H and O–H groups in total. The van der Waals surface area contributed by atoms with E-state index in [1.165, 1.54) is 6.07 Å². The molecule has 0 saturated carbocycles. The smallest absolute Gasteiger partial charge is 0.316 e. The van der Waals surface area contributed by atoms with Gasteiger partial charge in [-0.25, -0.2) is 4.90 Å². The molecule has 0 unspecified atom stereocenters. The molecule has 1 atom stereocenters. The van der Waals surface area contributed by atoms with E-state index in [0.29, 0.717) is 34.9 Å². The van der Waals surface area contributed by atoms with Gasteiger partial charge in [-0.1, -0.05) is 18.2 Å². The van der Waals surface area contributed by atoms with Crippen LogP contribution in [0.2, 0.25) is 0 Å². The van der Waals surface area contributed by atoms with Gasteiger partial charge in [-0.2, -0.15) is 0 Å². The molecule has 3 aromatic rings. The summed E-state index contributed by atoms with van der Waals surface area (Å²) in [4.78, 5) is 53.6. The van der Waals surface area contributed by atoms with Crippen molar-refractivity contribution in [2.75, 3.05) is 23.0 Å². The van der Waals surface area contributed by atoms with Crippen LogP contribution in [0.25, 0.3) is 0 Å². The van der Waals surface area contributed by atoms with Crippen LogP contribution in [0.4, 0.5) is 11.4 Å². The first kappa shape index (κ1) is 22.3. The molecule has 3 amide bonds. The number of amides is 3. The highest BCUT2D eigenvalue weighted by molar-refractivity contribution is 6.34. The second kappa shape index (κ2) is 9.06. The highest BCUT2D eigenvalue weighted by Gasteiger charge is 2.38. The maximum absolute atomic E-state index is 12.8. The number of fused-ring (bicyclic) bond motifs is 1. The van der Waals surface area contributed by atoms with Crippen molar-refractivity contribution in [1.82, 2.24) is 0 Å². The van der Waals surface area contributed by atoms with Gasteiger partial charge in [-0.15, -0.1) is 0 Å². The van der Waals surface area contributed by atoms with Crippen LogP contribution in [0.5, 0.6) is 11.5 Å². The molecule has 8 nitrogen and oxygen atoms in total. The van der Waals surface area contributed by atoms with Crippen molar-refractivity contribution in [3.05, 3.63) is 83.9 Å². The van der Waals surface area contributed by atoms with Gasteiger partial charge in [0.2, 0.25) is 5.91 Å². The Morgan fingerprint density at radius 3 is 2.20 bits per heavy atom.